The van der Waals surface area contributed by atoms with Gasteiger partial charge in [-0.25, -0.2) is 8.42 Å². The number of carbonyl (C=O) groups excluding carboxylic acids is 1. The minimum atomic E-state index is -4.10. The van der Waals surface area contributed by atoms with Crippen molar-refractivity contribution >= 4 is 32.6 Å². The van der Waals surface area contributed by atoms with Crippen LogP contribution in [0.3, 0.4) is 0 Å². The average Bonchev–Trinajstić information content (AvgIpc) is 2.98. The Bertz CT molecular complexity index is 1130. The largest absolute Gasteiger partial charge is 0.543 e. The van der Waals surface area contributed by atoms with Gasteiger partial charge in [0.1, 0.15) is 0 Å². The van der Waals surface area contributed by atoms with Crippen LogP contribution in [0.1, 0.15) is 16.1 Å². The number of aromatic nitrogens is 1. The molecule has 0 aliphatic carbocycles. The Kier molecular flexibility index (Phi) is 4.71. The molecule has 1 aromatic heterocycles. The van der Waals surface area contributed by atoms with Crippen LogP contribution in [0.5, 0.6) is 11.5 Å². The first-order chi connectivity index (χ1) is 12.8. The van der Waals surface area contributed by atoms with Crippen LogP contribution in [0.2, 0.25) is 0 Å². The van der Waals surface area contributed by atoms with Gasteiger partial charge in [-0.15, -0.1) is 0 Å². The number of hydrogen-bond acceptors (Lipinski definition) is 6. The fraction of sp³-hybridized carbons (Fsp3) is 0.167. The highest BCUT2D eigenvalue weighted by Crippen LogP contribution is 2.33. The second-order valence-corrected chi connectivity index (χ2v) is 7.52. The Morgan fingerprint density at radius 1 is 1.07 bits per heavy atom. The number of carbonyl (C=O) groups is 1. The number of ether oxygens (including phenoxy) is 2. The van der Waals surface area contributed by atoms with E-state index < -0.39 is 16.0 Å². The fourth-order valence-electron chi connectivity index (χ4n) is 2.74. The number of H-pyrrole nitrogens is 1. The van der Waals surface area contributed by atoms with Crippen molar-refractivity contribution in [2.45, 2.75) is 11.8 Å². The van der Waals surface area contributed by atoms with Crippen molar-refractivity contribution in [2.75, 3.05) is 18.9 Å². The van der Waals surface area contributed by atoms with E-state index >= 15 is 0 Å². The predicted molar refractivity (Wildman–Crippen MR) is 97.7 cm³/mol. The predicted octanol–water partition coefficient (Wildman–Crippen LogP) is 1.66. The highest BCUT2D eigenvalue weighted by Gasteiger charge is 2.22. The van der Waals surface area contributed by atoms with Gasteiger partial charge < -0.3 is 24.4 Å². The summed E-state index contributed by atoms with van der Waals surface area (Å²) in [4.78, 5) is 14.0. The zero-order valence-electron chi connectivity index (χ0n) is 14.8. The summed E-state index contributed by atoms with van der Waals surface area (Å²) in [7, 11) is -1.28. The van der Waals surface area contributed by atoms with Crippen LogP contribution in [-0.2, 0) is 10.0 Å². The highest BCUT2D eigenvalue weighted by atomic mass is 32.2. The van der Waals surface area contributed by atoms with Gasteiger partial charge in [0.2, 0.25) is 0 Å². The van der Waals surface area contributed by atoms with Crippen LogP contribution >= 0.6 is 0 Å². The molecule has 27 heavy (non-hydrogen) atoms. The molecule has 0 aliphatic rings. The zero-order chi connectivity index (χ0) is 19.8. The van der Waals surface area contributed by atoms with Gasteiger partial charge in [-0.05, 0) is 31.2 Å². The number of carboxylic acids is 1. The molecular formula is C18H17N2O6S-. The van der Waals surface area contributed by atoms with E-state index in [1.54, 1.807) is 18.2 Å². The molecule has 0 saturated heterocycles. The van der Waals surface area contributed by atoms with Gasteiger partial charge in [0.05, 0.1) is 36.5 Å². The number of anilines is 1. The highest BCUT2D eigenvalue weighted by molar-refractivity contribution is 7.92. The summed E-state index contributed by atoms with van der Waals surface area (Å²) >= 11 is 0. The van der Waals surface area contributed by atoms with Gasteiger partial charge in [0.25, 0.3) is 10.0 Å². The molecule has 0 fully saturated rings. The van der Waals surface area contributed by atoms with Gasteiger partial charge in [-0.3, -0.25) is 4.72 Å². The third kappa shape index (κ3) is 3.41. The Morgan fingerprint density at radius 3 is 2.41 bits per heavy atom. The van der Waals surface area contributed by atoms with E-state index in [4.69, 9.17) is 9.47 Å². The summed E-state index contributed by atoms with van der Waals surface area (Å²) in [5, 5.41) is 11.9. The molecule has 0 saturated carbocycles. The summed E-state index contributed by atoms with van der Waals surface area (Å²) in [5.41, 5.74) is 0.894. The maximum atomic E-state index is 12.8. The molecular weight excluding hydrogens is 372 g/mol. The Labute approximate surface area is 155 Å². The van der Waals surface area contributed by atoms with Crippen LogP contribution < -0.4 is 19.3 Å². The number of carboxylic acid groups (broad SMARTS) is 1. The minimum Gasteiger partial charge on any atom is -0.543 e. The van der Waals surface area contributed by atoms with E-state index in [1.165, 1.54) is 32.4 Å². The first kappa shape index (κ1) is 18.6. The molecule has 0 bridgehead atoms. The lowest BCUT2D eigenvalue weighted by atomic mass is 10.1. The van der Waals surface area contributed by atoms with Crippen molar-refractivity contribution in [3.63, 3.8) is 0 Å². The Hall–Kier alpha value is -3.20. The normalized spacial score (nSPS) is 11.4. The Balaban J connectivity index is 2.12. The fourth-order valence-corrected chi connectivity index (χ4v) is 3.85. The van der Waals surface area contributed by atoms with Crippen molar-refractivity contribution < 1.29 is 27.8 Å². The van der Waals surface area contributed by atoms with Crippen molar-refractivity contribution in [1.82, 2.24) is 4.98 Å². The molecule has 0 spiro atoms. The smallest absolute Gasteiger partial charge is 0.262 e. The number of hydrogen-bond donors (Lipinski definition) is 2. The molecule has 0 radical (unpaired) electrons. The molecule has 0 atom stereocenters. The van der Waals surface area contributed by atoms with Crippen molar-refractivity contribution in [1.29, 1.82) is 0 Å². The van der Waals surface area contributed by atoms with E-state index in [0.717, 1.165) is 5.56 Å². The van der Waals surface area contributed by atoms with E-state index in [1.807, 2.05) is 6.92 Å². The minimum absolute atomic E-state index is 0.0801. The molecule has 9 heteroatoms. The number of aryl methyl sites for hydroxylation is 1. The molecule has 0 unspecified atom stereocenters. The summed E-state index contributed by atoms with van der Waals surface area (Å²) in [6, 6.07) is 9.22. The number of aromatic carboxylic acids is 1. The third-order valence-corrected chi connectivity index (χ3v) is 5.41. The van der Waals surface area contributed by atoms with Crippen LogP contribution in [-0.4, -0.2) is 33.6 Å². The summed E-state index contributed by atoms with van der Waals surface area (Å²) in [5.74, 6) is -0.918. The lowest BCUT2D eigenvalue weighted by molar-refractivity contribution is -0.255. The van der Waals surface area contributed by atoms with E-state index in [2.05, 4.69) is 9.71 Å². The first-order valence-electron chi connectivity index (χ1n) is 7.85. The number of nitrogens with one attached hydrogen (secondary N) is 2. The van der Waals surface area contributed by atoms with Gasteiger partial charge in [0, 0.05) is 17.0 Å². The number of aromatic amines is 1. The first-order valence-corrected chi connectivity index (χ1v) is 9.33. The molecule has 2 N–H and O–H groups in total. The van der Waals surface area contributed by atoms with Crippen LogP contribution in [0.4, 0.5) is 5.69 Å². The molecule has 2 aromatic carbocycles. The van der Waals surface area contributed by atoms with Crippen molar-refractivity contribution in [2.24, 2.45) is 0 Å². The van der Waals surface area contributed by atoms with Crippen molar-refractivity contribution in [3.8, 4) is 11.5 Å². The quantitative estimate of drug-likeness (QED) is 0.661. The molecule has 3 aromatic rings. The summed E-state index contributed by atoms with van der Waals surface area (Å²) in [6.07, 6.45) is 0. The standard InChI is InChI=1S/C18H18N2O6S/c1-10-4-6-13-12(8-10)16(17(19-13)18(21)22)20-27(23,24)11-5-7-14(25-2)15(9-11)26-3/h4-9,19-20H,1-3H3,(H,21,22)/p-1. The second kappa shape index (κ2) is 6.84. The Morgan fingerprint density at radius 2 is 1.78 bits per heavy atom. The SMILES string of the molecule is COc1ccc(S(=O)(=O)Nc2c(C(=O)[O-])[nH]c3ccc(C)cc23)cc1OC. The van der Waals surface area contributed by atoms with Gasteiger partial charge in [-0.2, -0.15) is 0 Å². The maximum Gasteiger partial charge on any atom is 0.262 e. The van der Waals surface area contributed by atoms with Crippen molar-refractivity contribution in [3.05, 3.63) is 47.7 Å². The lowest BCUT2D eigenvalue weighted by Gasteiger charge is -2.13. The molecule has 8 nitrogen and oxygen atoms in total. The third-order valence-electron chi connectivity index (χ3n) is 4.06. The second-order valence-electron chi connectivity index (χ2n) is 5.83. The average molecular weight is 389 g/mol. The van der Waals surface area contributed by atoms with Crippen LogP contribution in [0, 0.1) is 6.92 Å². The van der Waals surface area contributed by atoms with E-state index in [0.29, 0.717) is 16.7 Å². The molecule has 1 heterocycles. The van der Waals surface area contributed by atoms with Crippen LogP contribution in [0.25, 0.3) is 10.9 Å². The molecule has 3 rings (SSSR count). The topological polar surface area (TPSA) is 121 Å². The number of methoxy groups -OCH3 is 2. The number of benzene rings is 2. The van der Waals surface area contributed by atoms with E-state index in [-0.39, 0.29) is 22.0 Å². The molecule has 0 aliphatic heterocycles. The van der Waals surface area contributed by atoms with Crippen LogP contribution in [0.15, 0.2) is 41.3 Å². The van der Waals surface area contributed by atoms with Gasteiger partial charge >= 0.3 is 0 Å². The summed E-state index contributed by atoms with van der Waals surface area (Å²) < 4.78 is 38.2. The monoisotopic (exact) mass is 389 g/mol. The number of sulfonamides is 1. The maximum absolute atomic E-state index is 12.8. The number of rotatable bonds is 6. The molecule has 0 amide bonds. The van der Waals surface area contributed by atoms with Gasteiger partial charge in [-0.1, -0.05) is 11.6 Å². The van der Waals surface area contributed by atoms with Gasteiger partial charge in [0.15, 0.2) is 11.5 Å². The molecule has 142 valence electrons. The number of fused-ring (bicyclic) bond motifs is 1. The zero-order valence-corrected chi connectivity index (χ0v) is 15.6. The summed E-state index contributed by atoms with van der Waals surface area (Å²) in [6.45, 7) is 1.82. The lowest BCUT2D eigenvalue weighted by Crippen LogP contribution is -2.25. The van der Waals surface area contributed by atoms with E-state index in [9.17, 15) is 18.3 Å².